The van der Waals surface area contributed by atoms with E-state index in [0.717, 1.165) is 30.9 Å². The molecule has 0 atom stereocenters. The second-order valence-electron chi connectivity index (χ2n) is 4.26. The van der Waals surface area contributed by atoms with Crippen molar-refractivity contribution in [2.75, 3.05) is 13.1 Å². The molecule has 0 saturated carbocycles. The van der Waals surface area contributed by atoms with E-state index in [2.05, 4.69) is 15.3 Å². The second kappa shape index (κ2) is 3.72. The third kappa shape index (κ3) is 1.61. The van der Waals surface area contributed by atoms with Crippen LogP contribution in [0.25, 0.3) is 10.9 Å². The topological polar surface area (TPSA) is 57.8 Å². The minimum absolute atomic E-state index is 0.0344. The standard InChI is InChI=1S/C12H13N3O/c16-12-9-3-1-2-4-10(9)14-11(15-12)5-8-6-13-7-8/h1-4,8,13H,5-7H2,(H,14,15,16). The molecule has 0 unspecified atom stereocenters. The summed E-state index contributed by atoms with van der Waals surface area (Å²) >= 11 is 0. The van der Waals surface area contributed by atoms with Gasteiger partial charge in [0.15, 0.2) is 0 Å². The van der Waals surface area contributed by atoms with Crippen molar-refractivity contribution in [3.63, 3.8) is 0 Å². The number of H-pyrrole nitrogens is 1. The molecule has 1 saturated heterocycles. The summed E-state index contributed by atoms with van der Waals surface area (Å²) in [7, 11) is 0. The minimum Gasteiger partial charge on any atom is -0.316 e. The van der Waals surface area contributed by atoms with Gasteiger partial charge in [-0.3, -0.25) is 4.79 Å². The number of rotatable bonds is 2. The normalized spacial score (nSPS) is 16.2. The van der Waals surface area contributed by atoms with Gasteiger partial charge >= 0.3 is 0 Å². The van der Waals surface area contributed by atoms with Crippen LogP contribution in [0.15, 0.2) is 29.1 Å². The number of hydrogen-bond acceptors (Lipinski definition) is 3. The van der Waals surface area contributed by atoms with Gasteiger partial charge in [0.1, 0.15) is 5.82 Å². The van der Waals surface area contributed by atoms with Gasteiger partial charge in [-0.05, 0) is 31.1 Å². The number of nitrogens with one attached hydrogen (secondary N) is 2. The van der Waals surface area contributed by atoms with Crippen LogP contribution in [0.2, 0.25) is 0 Å². The lowest BCUT2D eigenvalue weighted by Crippen LogP contribution is -2.43. The quantitative estimate of drug-likeness (QED) is 0.774. The molecule has 1 aromatic carbocycles. The Bertz CT molecular complexity index is 572. The third-order valence-electron chi connectivity index (χ3n) is 3.01. The molecule has 4 heteroatoms. The van der Waals surface area contributed by atoms with E-state index in [1.165, 1.54) is 0 Å². The van der Waals surface area contributed by atoms with Crippen LogP contribution in [-0.2, 0) is 6.42 Å². The monoisotopic (exact) mass is 215 g/mol. The van der Waals surface area contributed by atoms with Crippen molar-refractivity contribution < 1.29 is 0 Å². The molecule has 0 radical (unpaired) electrons. The average molecular weight is 215 g/mol. The lowest BCUT2D eigenvalue weighted by molar-refractivity contribution is 0.341. The second-order valence-corrected chi connectivity index (χ2v) is 4.26. The summed E-state index contributed by atoms with van der Waals surface area (Å²) < 4.78 is 0. The fourth-order valence-electron chi connectivity index (χ4n) is 2.00. The maximum Gasteiger partial charge on any atom is 0.258 e. The molecule has 0 amide bonds. The van der Waals surface area contributed by atoms with Crippen LogP contribution < -0.4 is 10.9 Å². The Hall–Kier alpha value is -1.68. The molecule has 2 N–H and O–H groups in total. The molecule has 16 heavy (non-hydrogen) atoms. The first-order valence-electron chi connectivity index (χ1n) is 5.51. The number of para-hydroxylation sites is 1. The summed E-state index contributed by atoms with van der Waals surface area (Å²) in [4.78, 5) is 19.1. The molecule has 3 rings (SSSR count). The van der Waals surface area contributed by atoms with Gasteiger partial charge in [0.05, 0.1) is 10.9 Å². The van der Waals surface area contributed by atoms with Gasteiger partial charge in [-0.15, -0.1) is 0 Å². The zero-order chi connectivity index (χ0) is 11.0. The highest BCUT2D eigenvalue weighted by molar-refractivity contribution is 5.77. The Morgan fingerprint density at radius 1 is 1.31 bits per heavy atom. The van der Waals surface area contributed by atoms with Crippen molar-refractivity contribution in [3.8, 4) is 0 Å². The highest BCUT2D eigenvalue weighted by Crippen LogP contribution is 2.11. The summed E-state index contributed by atoms with van der Waals surface area (Å²) in [6.45, 7) is 2.05. The molecule has 1 aliphatic heterocycles. The lowest BCUT2D eigenvalue weighted by Gasteiger charge is -2.26. The Balaban J connectivity index is 2.03. The van der Waals surface area contributed by atoms with Crippen LogP contribution in [0.5, 0.6) is 0 Å². The lowest BCUT2D eigenvalue weighted by atomic mass is 9.99. The van der Waals surface area contributed by atoms with Crippen molar-refractivity contribution in [1.82, 2.24) is 15.3 Å². The molecule has 0 bridgehead atoms. The first-order valence-corrected chi connectivity index (χ1v) is 5.51. The van der Waals surface area contributed by atoms with E-state index < -0.39 is 0 Å². The van der Waals surface area contributed by atoms with Crippen LogP contribution in [0.4, 0.5) is 0 Å². The molecule has 1 aliphatic rings. The van der Waals surface area contributed by atoms with Gasteiger partial charge in [-0.1, -0.05) is 12.1 Å². The summed E-state index contributed by atoms with van der Waals surface area (Å²) in [5.74, 6) is 1.42. The van der Waals surface area contributed by atoms with E-state index in [-0.39, 0.29) is 5.56 Å². The third-order valence-corrected chi connectivity index (χ3v) is 3.01. The van der Waals surface area contributed by atoms with Gasteiger partial charge in [-0.2, -0.15) is 0 Å². The van der Waals surface area contributed by atoms with Crippen LogP contribution >= 0.6 is 0 Å². The summed E-state index contributed by atoms with van der Waals surface area (Å²) in [6, 6.07) is 7.45. The van der Waals surface area contributed by atoms with Gasteiger partial charge in [0, 0.05) is 6.42 Å². The first-order chi connectivity index (χ1) is 7.83. The number of fused-ring (bicyclic) bond motifs is 1. The Morgan fingerprint density at radius 3 is 2.88 bits per heavy atom. The van der Waals surface area contributed by atoms with Crippen molar-refractivity contribution in [3.05, 3.63) is 40.4 Å². The largest absolute Gasteiger partial charge is 0.316 e. The van der Waals surface area contributed by atoms with Gasteiger partial charge in [0.25, 0.3) is 5.56 Å². The van der Waals surface area contributed by atoms with E-state index in [9.17, 15) is 4.79 Å². The van der Waals surface area contributed by atoms with E-state index in [1.54, 1.807) is 6.07 Å². The fourth-order valence-corrected chi connectivity index (χ4v) is 2.00. The molecular weight excluding hydrogens is 202 g/mol. The van der Waals surface area contributed by atoms with E-state index >= 15 is 0 Å². The molecule has 1 aromatic heterocycles. The summed E-state index contributed by atoms with van der Waals surface area (Å²) in [5.41, 5.74) is 0.751. The minimum atomic E-state index is -0.0344. The van der Waals surface area contributed by atoms with Crippen molar-refractivity contribution in [1.29, 1.82) is 0 Å². The average Bonchev–Trinajstić information content (AvgIpc) is 2.24. The van der Waals surface area contributed by atoms with Crippen molar-refractivity contribution in [2.24, 2.45) is 5.92 Å². The fraction of sp³-hybridized carbons (Fsp3) is 0.333. The smallest absolute Gasteiger partial charge is 0.258 e. The molecule has 2 heterocycles. The predicted octanol–water partition coefficient (Wildman–Crippen LogP) is 0.685. The number of nitrogens with zero attached hydrogens (tertiary/aromatic N) is 1. The summed E-state index contributed by atoms with van der Waals surface area (Å²) in [6.07, 6.45) is 0.854. The maximum atomic E-state index is 11.8. The Kier molecular flexibility index (Phi) is 2.22. The van der Waals surface area contributed by atoms with E-state index in [4.69, 9.17) is 0 Å². The van der Waals surface area contributed by atoms with Crippen LogP contribution in [-0.4, -0.2) is 23.1 Å². The highest BCUT2D eigenvalue weighted by atomic mass is 16.1. The van der Waals surface area contributed by atoms with Gasteiger partial charge in [-0.25, -0.2) is 4.98 Å². The molecular formula is C12H13N3O. The maximum absolute atomic E-state index is 11.8. The predicted molar refractivity (Wildman–Crippen MR) is 62.4 cm³/mol. The van der Waals surface area contributed by atoms with Crippen molar-refractivity contribution in [2.45, 2.75) is 6.42 Å². The summed E-state index contributed by atoms with van der Waals surface area (Å²) in [5, 5.41) is 3.88. The number of aromatic nitrogens is 2. The first kappa shape index (κ1) is 9.54. The number of benzene rings is 1. The molecule has 0 spiro atoms. The molecule has 2 aromatic rings. The Labute approximate surface area is 92.7 Å². The zero-order valence-corrected chi connectivity index (χ0v) is 8.86. The Morgan fingerprint density at radius 2 is 2.12 bits per heavy atom. The van der Waals surface area contributed by atoms with Gasteiger partial charge < -0.3 is 10.3 Å². The number of hydrogen-bond donors (Lipinski definition) is 2. The van der Waals surface area contributed by atoms with Crippen LogP contribution in [0, 0.1) is 5.92 Å². The zero-order valence-electron chi connectivity index (χ0n) is 8.86. The molecule has 0 aliphatic carbocycles. The van der Waals surface area contributed by atoms with Gasteiger partial charge in [0.2, 0.25) is 0 Å². The number of aromatic amines is 1. The van der Waals surface area contributed by atoms with Crippen molar-refractivity contribution >= 4 is 10.9 Å². The molecule has 4 nitrogen and oxygen atoms in total. The van der Waals surface area contributed by atoms with Crippen LogP contribution in [0.1, 0.15) is 5.82 Å². The SMILES string of the molecule is O=c1[nH]c(CC2CNC2)nc2ccccc12. The van der Waals surface area contributed by atoms with E-state index in [0.29, 0.717) is 11.3 Å². The molecule has 1 fully saturated rings. The van der Waals surface area contributed by atoms with Crippen LogP contribution in [0.3, 0.4) is 0 Å². The highest BCUT2D eigenvalue weighted by Gasteiger charge is 2.18. The van der Waals surface area contributed by atoms with E-state index in [1.807, 2.05) is 18.2 Å². The molecule has 82 valence electrons.